The van der Waals surface area contributed by atoms with Crippen molar-refractivity contribution in [2.45, 2.75) is 38.1 Å². The molecule has 0 bridgehead atoms. The van der Waals surface area contributed by atoms with Crippen LogP contribution < -0.4 is 10.6 Å². The first-order chi connectivity index (χ1) is 8.88. The van der Waals surface area contributed by atoms with Crippen LogP contribution in [0.5, 0.6) is 0 Å². The molecule has 0 aromatic carbocycles. The molecule has 2 N–H and O–H groups in total. The Morgan fingerprint density at radius 3 is 2.78 bits per heavy atom. The number of anilines is 2. The lowest BCUT2D eigenvalue weighted by molar-refractivity contribution is 0.210. The SMILES string of the molecule is COCCNc1cc(NC2CCCCC2)ncn1. The number of nitrogens with one attached hydrogen (secondary N) is 2. The Morgan fingerprint density at radius 1 is 1.22 bits per heavy atom. The van der Waals surface area contributed by atoms with Gasteiger partial charge in [-0.05, 0) is 12.8 Å². The van der Waals surface area contributed by atoms with Gasteiger partial charge in [-0.2, -0.15) is 0 Å². The quantitative estimate of drug-likeness (QED) is 0.759. The van der Waals surface area contributed by atoms with Gasteiger partial charge in [0, 0.05) is 25.8 Å². The summed E-state index contributed by atoms with van der Waals surface area (Å²) in [6, 6.07) is 2.53. The van der Waals surface area contributed by atoms with Gasteiger partial charge in [0.1, 0.15) is 18.0 Å². The summed E-state index contributed by atoms with van der Waals surface area (Å²) >= 11 is 0. The van der Waals surface area contributed by atoms with Crippen LogP contribution in [0, 0.1) is 0 Å². The van der Waals surface area contributed by atoms with Crippen molar-refractivity contribution >= 4 is 11.6 Å². The maximum absolute atomic E-state index is 4.99. The van der Waals surface area contributed by atoms with Crippen molar-refractivity contribution in [2.24, 2.45) is 0 Å². The monoisotopic (exact) mass is 250 g/mol. The standard InChI is InChI=1S/C13H22N4O/c1-18-8-7-14-12-9-13(16-10-15-12)17-11-5-3-2-4-6-11/h9-11H,2-8H2,1H3,(H2,14,15,16,17). The summed E-state index contributed by atoms with van der Waals surface area (Å²) in [4.78, 5) is 8.45. The molecule has 2 rings (SSSR count). The first-order valence-corrected chi connectivity index (χ1v) is 6.70. The van der Waals surface area contributed by atoms with Gasteiger partial charge in [-0.25, -0.2) is 9.97 Å². The van der Waals surface area contributed by atoms with Gasteiger partial charge in [-0.1, -0.05) is 19.3 Å². The van der Waals surface area contributed by atoms with Gasteiger partial charge in [-0.15, -0.1) is 0 Å². The van der Waals surface area contributed by atoms with E-state index in [1.807, 2.05) is 6.07 Å². The van der Waals surface area contributed by atoms with Gasteiger partial charge in [0.15, 0.2) is 0 Å². The number of hydrogen-bond donors (Lipinski definition) is 2. The minimum atomic E-state index is 0.570. The van der Waals surface area contributed by atoms with E-state index in [4.69, 9.17) is 4.74 Å². The molecule has 1 heterocycles. The first kappa shape index (κ1) is 13.1. The van der Waals surface area contributed by atoms with Gasteiger partial charge in [-0.3, -0.25) is 0 Å². The van der Waals surface area contributed by atoms with Gasteiger partial charge < -0.3 is 15.4 Å². The van der Waals surface area contributed by atoms with E-state index in [-0.39, 0.29) is 0 Å². The molecule has 18 heavy (non-hydrogen) atoms. The molecule has 5 heteroatoms. The van der Waals surface area contributed by atoms with Crippen molar-refractivity contribution in [3.63, 3.8) is 0 Å². The Hall–Kier alpha value is -1.36. The number of aromatic nitrogens is 2. The molecule has 1 aliphatic carbocycles. The summed E-state index contributed by atoms with van der Waals surface area (Å²) in [5, 5.41) is 6.70. The van der Waals surface area contributed by atoms with Crippen molar-refractivity contribution in [2.75, 3.05) is 30.9 Å². The molecule has 0 radical (unpaired) electrons. The minimum absolute atomic E-state index is 0.570. The van der Waals surface area contributed by atoms with Crippen LogP contribution in [-0.4, -0.2) is 36.3 Å². The fourth-order valence-electron chi connectivity index (χ4n) is 2.27. The Bertz CT molecular complexity index is 353. The molecule has 0 spiro atoms. The van der Waals surface area contributed by atoms with Gasteiger partial charge in [0.25, 0.3) is 0 Å². The normalized spacial score (nSPS) is 16.5. The largest absolute Gasteiger partial charge is 0.383 e. The molecule has 1 aromatic rings. The van der Waals surface area contributed by atoms with Crippen LogP contribution in [0.2, 0.25) is 0 Å². The molecule has 0 unspecified atom stereocenters. The van der Waals surface area contributed by atoms with E-state index >= 15 is 0 Å². The fraction of sp³-hybridized carbons (Fsp3) is 0.692. The predicted octanol–water partition coefficient (Wildman–Crippen LogP) is 2.28. The molecule has 0 atom stereocenters. The second-order valence-corrected chi connectivity index (χ2v) is 4.69. The summed E-state index contributed by atoms with van der Waals surface area (Å²) in [6.07, 6.45) is 8.10. The second kappa shape index (κ2) is 7.16. The Kier molecular flexibility index (Phi) is 5.20. The zero-order valence-corrected chi connectivity index (χ0v) is 11.0. The molecule has 0 aliphatic heterocycles. The van der Waals surface area contributed by atoms with Crippen LogP contribution in [0.3, 0.4) is 0 Å². The Labute approximate surface area is 108 Å². The lowest BCUT2D eigenvalue weighted by Crippen LogP contribution is -2.23. The molecule has 0 amide bonds. The van der Waals surface area contributed by atoms with Crippen molar-refractivity contribution < 1.29 is 4.74 Å². The van der Waals surface area contributed by atoms with E-state index in [1.165, 1.54) is 32.1 Å². The molecule has 100 valence electrons. The van der Waals surface area contributed by atoms with Crippen molar-refractivity contribution in [3.05, 3.63) is 12.4 Å². The lowest BCUT2D eigenvalue weighted by Gasteiger charge is -2.23. The van der Waals surface area contributed by atoms with Crippen LogP contribution in [-0.2, 0) is 4.74 Å². The van der Waals surface area contributed by atoms with E-state index in [9.17, 15) is 0 Å². The van der Waals surface area contributed by atoms with Crippen molar-refractivity contribution in [1.29, 1.82) is 0 Å². The highest BCUT2D eigenvalue weighted by Gasteiger charge is 2.13. The topological polar surface area (TPSA) is 59.1 Å². The molecular weight excluding hydrogens is 228 g/mol. The summed E-state index contributed by atoms with van der Waals surface area (Å²) in [6.45, 7) is 1.44. The average Bonchev–Trinajstić information content (AvgIpc) is 2.41. The molecule has 1 fully saturated rings. The molecule has 1 saturated carbocycles. The highest BCUT2D eigenvalue weighted by atomic mass is 16.5. The van der Waals surface area contributed by atoms with Gasteiger partial charge >= 0.3 is 0 Å². The number of hydrogen-bond acceptors (Lipinski definition) is 5. The summed E-state index contributed by atoms with van der Waals surface area (Å²) in [5.41, 5.74) is 0. The maximum Gasteiger partial charge on any atom is 0.131 e. The van der Waals surface area contributed by atoms with E-state index in [2.05, 4.69) is 20.6 Å². The van der Waals surface area contributed by atoms with E-state index < -0.39 is 0 Å². The van der Waals surface area contributed by atoms with Crippen molar-refractivity contribution in [3.8, 4) is 0 Å². The predicted molar refractivity (Wildman–Crippen MR) is 72.9 cm³/mol. The first-order valence-electron chi connectivity index (χ1n) is 6.70. The third-order valence-electron chi connectivity index (χ3n) is 3.24. The fourth-order valence-corrected chi connectivity index (χ4v) is 2.27. The molecular formula is C13H22N4O. The van der Waals surface area contributed by atoms with Crippen molar-refractivity contribution in [1.82, 2.24) is 9.97 Å². The highest BCUT2D eigenvalue weighted by Crippen LogP contribution is 2.21. The second-order valence-electron chi connectivity index (χ2n) is 4.69. The lowest BCUT2D eigenvalue weighted by atomic mass is 9.95. The highest BCUT2D eigenvalue weighted by molar-refractivity contribution is 5.46. The third kappa shape index (κ3) is 4.14. The van der Waals surface area contributed by atoms with Crippen LogP contribution in [0.15, 0.2) is 12.4 Å². The summed E-state index contributed by atoms with van der Waals surface area (Å²) < 4.78 is 4.99. The van der Waals surface area contributed by atoms with Crippen LogP contribution in [0.25, 0.3) is 0 Å². The van der Waals surface area contributed by atoms with Crippen LogP contribution >= 0.6 is 0 Å². The number of nitrogens with zero attached hydrogens (tertiary/aromatic N) is 2. The molecule has 0 saturated heterocycles. The van der Waals surface area contributed by atoms with E-state index in [0.29, 0.717) is 12.6 Å². The average molecular weight is 250 g/mol. The number of methoxy groups -OCH3 is 1. The van der Waals surface area contributed by atoms with Gasteiger partial charge in [0.05, 0.1) is 6.61 Å². The molecule has 1 aliphatic rings. The van der Waals surface area contributed by atoms with Gasteiger partial charge in [0.2, 0.25) is 0 Å². The number of rotatable bonds is 6. The van der Waals surface area contributed by atoms with Crippen LogP contribution in [0.4, 0.5) is 11.6 Å². The maximum atomic E-state index is 4.99. The Balaban J connectivity index is 1.85. The summed E-state index contributed by atoms with van der Waals surface area (Å²) in [7, 11) is 1.69. The minimum Gasteiger partial charge on any atom is -0.383 e. The van der Waals surface area contributed by atoms with Crippen LogP contribution in [0.1, 0.15) is 32.1 Å². The molecule has 5 nitrogen and oxygen atoms in total. The van der Waals surface area contributed by atoms with E-state index in [1.54, 1.807) is 13.4 Å². The third-order valence-corrected chi connectivity index (χ3v) is 3.24. The number of ether oxygens (including phenoxy) is 1. The van der Waals surface area contributed by atoms with E-state index in [0.717, 1.165) is 18.2 Å². The zero-order valence-electron chi connectivity index (χ0n) is 11.0. The summed E-state index contributed by atoms with van der Waals surface area (Å²) in [5.74, 6) is 1.76. The zero-order chi connectivity index (χ0) is 12.6. The Morgan fingerprint density at radius 2 is 2.00 bits per heavy atom. The molecule has 1 aromatic heterocycles. The smallest absolute Gasteiger partial charge is 0.131 e.